The summed E-state index contributed by atoms with van der Waals surface area (Å²) < 4.78 is 0. The number of anilines is 1. The van der Waals surface area contributed by atoms with Gasteiger partial charge in [0.25, 0.3) is 0 Å². The Hall–Kier alpha value is -1.02. The Morgan fingerprint density at radius 3 is 2.57 bits per heavy atom. The first kappa shape index (κ1) is 16.4. The molecule has 2 rings (SSSR count). The lowest BCUT2D eigenvalue weighted by molar-refractivity contribution is 0.311. The lowest BCUT2D eigenvalue weighted by atomic mass is 9.86. The molecule has 1 heterocycles. The third-order valence-electron chi connectivity index (χ3n) is 4.80. The highest BCUT2D eigenvalue weighted by atomic mass is 15.1. The quantitative estimate of drug-likeness (QED) is 0.782. The highest BCUT2D eigenvalue weighted by Crippen LogP contribution is 2.30. The second-order valence-corrected chi connectivity index (χ2v) is 6.88. The van der Waals surface area contributed by atoms with Crippen LogP contribution in [0.25, 0.3) is 0 Å². The van der Waals surface area contributed by atoms with Crippen LogP contribution in [0.4, 0.5) is 5.69 Å². The molecule has 0 spiro atoms. The number of nitrogens with zero attached hydrogens (tertiary/aromatic N) is 1. The van der Waals surface area contributed by atoms with Crippen LogP contribution in [0, 0.1) is 18.8 Å². The Morgan fingerprint density at radius 2 is 1.95 bits per heavy atom. The Balaban J connectivity index is 2.05. The first-order chi connectivity index (χ1) is 10.1. The maximum atomic E-state index is 3.56. The molecule has 1 saturated heterocycles. The van der Waals surface area contributed by atoms with Crippen LogP contribution in [0.5, 0.6) is 0 Å². The molecular formula is C19H32N2. The molecule has 0 aliphatic carbocycles. The van der Waals surface area contributed by atoms with Crippen molar-refractivity contribution in [2.24, 2.45) is 11.8 Å². The Kier molecular flexibility index (Phi) is 6.10. The van der Waals surface area contributed by atoms with Crippen molar-refractivity contribution in [2.45, 2.75) is 53.5 Å². The van der Waals surface area contributed by atoms with Crippen LogP contribution in [0.15, 0.2) is 18.2 Å². The van der Waals surface area contributed by atoms with Gasteiger partial charge in [0.15, 0.2) is 0 Å². The topological polar surface area (TPSA) is 15.3 Å². The molecule has 0 unspecified atom stereocenters. The van der Waals surface area contributed by atoms with Gasteiger partial charge in [-0.2, -0.15) is 0 Å². The lowest BCUT2D eigenvalue weighted by Crippen LogP contribution is -2.36. The third-order valence-corrected chi connectivity index (χ3v) is 4.80. The minimum atomic E-state index is 0.829. The molecule has 21 heavy (non-hydrogen) atoms. The molecule has 2 nitrogen and oxygen atoms in total. The summed E-state index contributed by atoms with van der Waals surface area (Å²) in [6.07, 6.45) is 3.88. The summed E-state index contributed by atoms with van der Waals surface area (Å²) in [5.74, 6) is 1.74. The van der Waals surface area contributed by atoms with Gasteiger partial charge < -0.3 is 10.2 Å². The molecule has 0 bridgehead atoms. The monoisotopic (exact) mass is 288 g/mol. The number of hydrogen-bond acceptors (Lipinski definition) is 2. The van der Waals surface area contributed by atoms with Gasteiger partial charge in [-0.1, -0.05) is 38.5 Å². The van der Waals surface area contributed by atoms with Crippen LogP contribution < -0.4 is 10.2 Å². The van der Waals surface area contributed by atoms with E-state index in [0.717, 1.165) is 24.9 Å². The van der Waals surface area contributed by atoms with Crippen LogP contribution in [0.1, 0.15) is 51.2 Å². The fourth-order valence-electron chi connectivity index (χ4n) is 3.37. The normalized spacial score (nSPS) is 16.7. The highest BCUT2D eigenvalue weighted by Gasteiger charge is 2.22. The van der Waals surface area contributed by atoms with Crippen LogP contribution in [0.3, 0.4) is 0 Å². The molecule has 2 heteroatoms. The number of benzene rings is 1. The molecule has 0 amide bonds. The minimum absolute atomic E-state index is 0.829. The fraction of sp³-hybridized carbons (Fsp3) is 0.684. The van der Waals surface area contributed by atoms with E-state index in [-0.39, 0.29) is 0 Å². The van der Waals surface area contributed by atoms with Crippen LogP contribution in [-0.2, 0) is 6.54 Å². The van der Waals surface area contributed by atoms with Gasteiger partial charge in [-0.15, -0.1) is 0 Å². The van der Waals surface area contributed by atoms with Crippen molar-refractivity contribution in [2.75, 3.05) is 24.5 Å². The number of nitrogens with one attached hydrogen (secondary N) is 1. The number of rotatable bonds is 6. The summed E-state index contributed by atoms with van der Waals surface area (Å²) in [5, 5.41) is 3.56. The second-order valence-electron chi connectivity index (χ2n) is 6.88. The van der Waals surface area contributed by atoms with Gasteiger partial charge in [0, 0.05) is 25.3 Å². The van der Waals surface area contributed by atoms with Gasteiger partial charge >= 0.3 is 0 Å². The van der Waals surface area contributed by atoms with E-state index in [0.29, 0.717) is 0 Å². The molecule has 1 aliphatic rings. The molecule has 0 radical (unpaired) electrons. The van der Waals surface area contributed by atoms with E-state index in [1.165, 1.54) is 49.2 Å². The van der Waals surface area contributed by atoms with Gasteiger partial charge in [-0.3, -0.25) is 0 Å². The lowest BCUT2D eigenvalue weighted by Gasteiger charge is -2.36. The van der Waals surface area contributed by atoms with E-state index in [1.807, 2.05) is 0 Å². The van der Waals surface area contributed by atoms with Crippen molar-refractivity contribution in [3.63, 3.8) is 0 Å². The van der Waals surface area contributed by atoms with Crippen molar-refractivity contribution < 1.29 is 0 Å². The van der Waals surface area contributed by atoms with E-state index in [9.17, 15) is 0 Å². The van der Waals surface area contributed by atoms with E-state index in [1.54, 1.807) is 0 Å². The maximum absolute atomic E-state index is 3.56. The third kappa shape index (κ3) is 4.47. The average molecular weight is 288 g/mol. The van der Waals surface area contributed by atoms with E-state index in [2.05, 4.69) is 56.1 Å². The van der Waals surface area contributed by atoms with Gasteiger partial charge in [-0.05, 0) is 56.2 Å². The predicted octanol–water partition coefficient (Wildman–Crippen LogP) is 4.37. The van der Waals surface area contributed by atoms with E-state index in [4.69, 9.17) is 0 Å². The Bertz CT molecular complexity index is 431. The van der Waals surface area contributed by atoms with Gasteiger partial charge in [0.05, 0.1) is 0 Å². The second kappa shape index (κ2) is 7.84. The summed E-state index contributed by atoms with van der Waals surface area (Å²) in [7, 11) is 0. The van der Waals surface area contributed by atoms with Crippen molar-refractivity contribution in [3.8, 4) is 0 Å². The molecule has 1 aromatic rings. The largest absolute Gasteiger partial charge is 0.371 e. The number of aryl methyl sites for hydroxylation is 1. The van der Waals surface area contributed by atoms with Gasteiger partial charge in [-0.25, -0.2) is 0 Å². The predicted molar refractivity (Wildman–Crippen MR) is 93.0 cm³/mol. The maximum Gasteiger partial charge on any atom is 0.0412 e. The average Bonchev–Trinajstić information content (AvgIpc) is 2.48. The van der Waals surface area contributed by atoms with Crippen LogP contribution >= 0.6 is 0 Å². The van der Waals surface area contributed by atoms with E-state index < -0.39 is 0 Å². The zero-order valence-corrected chi connectivity index (χ0v) is 14.3. The molecule has 0 atom stereocenters. The van der Waals surface area contributed by atoms with Gasteiger partial charge in [0.2, 0.25) is 0 Å². The zero-order chi connectivity index (χ0) is 15.2. The summed E-state index contributed by atoms with van der Waals surface area (Å²) in [5.41, 5.74) is 4.28. The first-order valence-corrected chi connectivity index (χ1v) is 8.67. The summed E-state index contributed by atoms with van der Waals surface area (Å²) in [6, 6.07) is 6.94. The molecule has 1 aliphatic heterocycles. The Labute approximate surface area is 130 Å². The molecule has 0 saturated carbocycles. The fourth-order valence-corrected chi connectivity index (χ4v) is 3.37. The first-order valence-electron chi connectivity index (χ1n) is 8.67. The summed E-state index contributed by atoms with van der Waals surface area (Å²) in [4.78, 5) is 2.60. The standard InChI is InChI=1S/C19H32N2/c1-5-10-20-14-18-13-16(4)6-7-19(18)21-11-8-17(9-12-21)15(2)3/h6-7,13,15,17,20H,5,8-12,14H2,1-4H3. The van der Waals surface area contributed by atoms with E-state index >= 15 is 0 Å². The highest BCUT2D eigenvalue weighted by molar-refractivity contribution is 5.55. The SMILES string of the molecule is CCCNCc1cc(C)ccc1N1CCC(C(C)C)CC1. The van der Waals surface area contributed by atoms with Gasteiger partial charge in [0.1, 0.15) is 0 Å². The molecule has 1 aromatic carbocycles. The van der Waals surface area contributed by atoms with Crippen LogP contribution in [0.2, 0.25) is 0 Å². The smallest absolute Gasteiger partial charge is 0.0412 e. The summed E-state index contributed by atoms with van der Waals surface area (Å²) in [6.45, 7) is 13.7. The minimum Gasteiger partial charge on any atom is -0.371 e. The molecular weight excluding hydrogens is 256 g/mol. The number of piperidine rings is 1. The van der Waals surface area contributed by atoms with Crippen molar-refractivity contribution in [1.29, 1.82) is 0 Å². The molecule has 1 fully saturated rings. The van der Waals surface area contributed by atoms with Crippen molar-refractivity contribution >= 4 is 5.69 Å². The zero-order valence-electron chi connectivity index (χ0n) is 14.3. The van der Waals surface area contributed by atoms with Crippen LogP contribution in [-0.4, -0.2) is 19.6 Å². The number of hydrogen-bond donors (Lipinski definition) is 1. The van der Waals surface area contributed by atoms with Crippen molar-refractivity contribution in [3.05, 3.63) is 29.3 Å². The molecule has 118 valence electrons. The molecule has 1 N–H and O–H groups in total. The molecule has 0 aromatic heterocycles. The summed E-state index contributed by atoms with van der Waals surface area (Å²) >= 11 is 0. The Morgan fingerprint density at radius 1 is 1.24 bits per heavy atom. The van der Waals surface area contributed by atoms with Crippen molar-refractivity contribution in [1.82, 2.24) is 5.32 Å².